The van der Waals surface area contributed by atoms with E-state index in [1.165, 1.54) is 0 Å². The number of carboxylic acids is 1. The van der Waals surface area contributed by atoms with E-state index in [9.17, 15) is 14.7 Å². The zero-order chi connectivity index (χ0) is 18.6. The maximum absolute atomic E-state index is 13.0. The molecule has 138 valence electrons. The van der Waals surface area contributed by atoms with Crippen molar-refractivity contribution in [2.24, 2.45) is 11.3 Å². The number of rotatable bonds is 4. The molecule has 0 radical (unpaired) electrons. The van der Waals surface area contributed by atoms with Gasteiger partial charge in [-0.05, 0) is 52.0 Å². The average Bonchev–Trinajstić information content (AvgIpc) is 3.09. The Bertz CT molecular complexity index is 697. The third-order valence-electron chi connectivity index (χ3n) is 5.71. The molecule has 1 aromatic heterocycles. The van der Waals surface area contributed by atoms with Gasteiger partial charge in [-0.1, -0.05) is 13.8 Å². The minimum atomic E-state index is -0.846. The summed E-state index contributed by atoms with van der Waals surface area (Å²) in [5.41, 5.74) is 0.552. The summed E-state index contributed by atoms with van der Waals surface area (Å²) in [6, 6.07) is 1.92. The molecule has 0 spiro atoms. The summed E-state index contributed by atoms with van der Waals surface area (Å²) < 4.78 is 1.97. The van der Waals surface area contributed by atoms with Gasteiger partial charge in [0.15, 0.2) is 5.69 Å². The molecule has 1 aromatic rings. The lowest BCUT2D eigenvalue weighted by atomic mass is 9.76. The van der Waals surface area contributed by atoms with Gasteiger partial charge in [-0.3, -0.25) is 14.3 Å². The Morgan fingerprint density at radius 2 is 1.96 bits per heavy atom. The molecule has 0 bridgehead atoms. The second-order valence-corrected chi connectivity index (χ2v) is 8.90. The van der Waals surface area contributed by atoms with Crippen LogP contribution in [0.3, 0.4) is 0 Å². The highest BCUT2D eigenvalue weighted by molar-refractivity contribution is 5.93. The summed E-state index contributed by atoms with van der Waals surface area (Å²) in [4.78, 5) is 26.4. The fourth-order valence-electron chi connectivity index (χ4n) is 3.77. The van der Waals surface area contributed by atoms with Gasteiger partial charge in [0, 0.05) is 24.7 Å². The molecule has 0 aromatic carbocycles. The summed E-state index contributed by atoms with van der Waals surface area (Å²) in [6.07, 6.45) is 2.80. The molecule has 2 aliphatic rings. The number of hydrogen-bond donors (Lipinski definition) is 1. The average molecular weight is 347 g/mol. The second-order valence-electron chi connectivity index (χ2n) is 8.90. The van der Waals surface area contributed by atoms with E-state index in [0.29, 0.717) is 24.6 Å². The predicted octanol–water partition coefficient (Wildman–Crippen LogP) is 3.09. The first-order valence-corrected chi connectivity index (χ1v) is 9.19. The molecule has 2 fully saturated rings. The molecular weight excluding hydrogens is 318 g/mol. The first kappa shape index (κ1) is 18.0. The van der Waals surface area contributed by atoms with Gasteiger partial charge in [-0.15, -0.1) is 0 Å². The van der Waals surface area contributed by atoms with Gasteiger partial charge in [-0.2, -0.15) is 5.10 Å². The van der Waals surface area contributed by atoms with Crippen molar-refractivity contribution in [3.05, 3.63) is 17.5 Å². The first-order chi connectivity index (χ1) is 11.6. The highest BCUT2D eigenvalue weighted by Gasteiger charge is 2.49. The molecule has 1 unspecified atom stereocenters. The van der Waals surface area contributed by atoms with Crippen molar-refractivity contribution in [3.8, 4) is 0 Å². The minimum absolute atomic E-state index is 0.0167. The summed E-state index contributed by atoms with van der Waals surface area (Å²) >= 11 is 0. The zero-order valence-electron chi connectivity index (χ0n) is 15.9. The van der Waals surface area contributed by atoms with E-state index in [0.717, 1.165) is 18.5 Å². The van der Waals surface area contributed by atoms with Crippen LogP contribution in [0.5, 0.6) is 0 Å². The maximum atomic E-state index is 13.0. The monoisotopic (exact) mass is 347 g/mol. The number of hydrogen-bond acceptors (Lipinski definition) is 3. The van der Waals surface area contributed by atoms with Crippen LogP contribution in [0.15, 0.2) is 6.07 Å². The van der Waals surface area contributed by atoms with Crippen molar-refractivity contribution in [1.82, 2.24) is 14.7 Å². The highest BCUT2D eigenvalue weighted by Crippen LogP contribution is 2.42. The van der Waals surface area contributed by atoms with Crippen LogP contribution in [0.25, 0.3) is 0 Å². The number of nitrogens with zero attached hydrogens (tertiary/aromatic N) is 3. The minimum Gasteiger partial charge on any atom is -0.481 e. The lowest BCUT2D eigenvalue weighted by molar-refractivity contribution is -0.150. The van der Waals surface area contributed by atoms with Crippen LogP contribution < -0.4 is 0 Å². The predicted molar refractivity (Wildman–Crippen MR) is 94.6 cm³/mol. The number of carbonyl (C=O) groups is 2. The third-order valence-corrected chi connectivity index (χ3v) is 5.71. The van der Waals surface area contributed by atoms with E-state index < -0.39 is 11.4 Å². The maximum Gasteiger partial charge on any atom is 0.311 e. The van der Waals surface area contributed by atoms with Gasteiger partial charge in [0.1, 0.15) is 0 Å². The largest absolute Gasteiger partial charge is 0.481 e. The Balaban J connectivity index is 1.86. The molecule has 1 amide bonds. The molecule has 1 saturated heterocycles. The van der Waals surface area contributed by atoms with Crippen LogP contribution in [0.1, 0.15) is 76.0 Å². The number of carboxylic acid groups (broad SMARTS) is 1. The Labute approximate surface area is 149 Å². The van der Waals surface area contributed by atoms with Crippen LogP contribution >= 0.6 is 0 Å². The molecule has 1 N–H and O–H groups in total. The van der Waals surface area contributed by atoms with E-state index in [4.69, 9.17) is 0 Å². The molecule has 1 aliphatic heterocycles. The smallest absolute Gasteiger partial charge is 0.311 e. The highest BCUT2D eigenvalue weighted by atomic mass is 16.4. The number of aromatic nitrogens is 2. The van der Waals surface area contributed by atoms with Crippen LogP contribution in [0.4, 0.5) is 0 Å². The standard InChI is InChI=1S/C19H29N3O3/c1-12(2)19(17(24)25)8-9-21(11-19)16(23)14-10-15(13-6-7-13)22(20-14)18(3,4)5/h10,12-13H,6-9,11H2,1-5H3,(H,24,25). The van der Waals surface area contributed by atoms with E-state index in [1.807, 2.05) is 24.6 Å². The fraction of sp³-hybridized carbons (Fsp3) is 0.737. The van der Waals surface area contributed by atoms with Crippen molar-refractivity contribution in [2.75, 3.05) is 13.1 Å². The summed E-state index contributed by atoms with van der Waals surface area (Å²) in [5.74, 6) is -0.469. The summed E-state index contributed by atoms with van der Waals surface area (Å²) in [6.45, 7) is 10.8. The van der Waals surface area contributed by atoms with Crippen molar-refractivity contribution in [3.63, 3.8) is 0 Å². The molecule has 6 heteroatoms. The van der Waals surface area contributed by atoms with E-state index in [2.05, 4.69) is 25.9 Å². The van der Waals surface area contributed by atoms with E-state index >= 15 is 0 Å². The van der Waals surface area contributed by atoms with Crippen LogP contribution in [-0.4, -0.2) is 44.8 Å². The lowest BCUT2D eigenvalue weighted by Gasteiger charge is -2.28. The normalized spacial score (nSPS) is 24.2. The Hall–Kier alpha value is -1.85. The van der Waals surface area contributed by atoms with Gasteiger partial charge >= 0.3 is 5.97 Å². The topological polar surface area (TPSA) is 75.4 Å². The molecule has 3 rings (SSSR count). The number of carbonyl (C=O) groups excluding carboxylic acids is 1. The quantitative estimate of drug-likeness (QED) is 0.908. The summed E-state index contributed by atoms with van der Waals surface area (Å²) in [7, 11) is 0. The third kappa shape index (κ3) is 3.07. The van der Waals surface area contributed by atoms with Crippen molar-refractivity contribution >= 4 is 11.9 Å². The van der Waals surface area contributed by atoms with E-state index in [-0.39, 0.29) is 23.9 Å². The first-order valence-electron chi connectivity index (χ1n) is 9.19. The van der Waals surface area contributed by atoms with Gasteiger partial charge < -0.3 is 10.0 Å². The Morgan fingerprint density at radius 1 is 1.32 bits per heavy atom. The molecular formula is C19H29N3O3. The van der Waals surface area contributed by atoms with Crippen molar-refractivity contribution in [1.29, 1.82) is 0 Å². The van der Waals surface area contributed by atoms with Gasteiger partial charge in [0.2, 0.25) is 0 Å². The zero-order valence-corrected chi connectivity index (χ0v) is 15.9. The van der Waals surface area contributed by atoms with Gasteiger partial charge in [-0.25, -0.2) is 0 Å². The van der Waals surface area contributed by atoms with E-state index in [1.54, 1.807) is 4.90 Å². The number of likely N-dealkylation sites (tertiary alicyclic amines) is 1. The Morgan fingerprint density at radius 3 is 2.40 bits per heavy atom. The molecule has 1 saturated carbocycles. The van der Waals surface area contributed by atoms with Crippen molar-refractivity contribution in [2.45, 2.75) is 65.3 Å². The molecule has 1 aliphatic carbocycles. The van der Waals surface area contributed by atoms with Crippen LogP contribution in [-0.2, 0) is 10.3 Å². The molecule has 25 heavy (non-hydrogen) atoms. The number of amides is 1. The summed E-state index contributed by atoms with van der Waals surface area (Å²) in [5, 5.41) is 14.3. The van der Waals surface area contributed by atoms with Crippen LogP contribution in [0, 0.1) is 11.3 Å². The second kappa shape index (κ2) is 5.85. The van der Waals surface area contributed by atoms with Gasteiger partial charge in [0.05, 0.1) is 11.0 Å². The molecule has 2 heterocycles. The molecule has 6 nitrogen and oxygen atoms in total. The van der Waals surface area contributed by atoms with Gasteiger partial charge in [0.25, 0.3) is 5.91 Å². The fourth-order valence-corrected chi connectivity index (χ4v) is 3.77. The molecule has 1 atom stereocenters. The van der Waals surface area contributed by atoms with Crippen molar-refractivity contribution < 1.29 is 14.7 Å². The Kier molecular flexibility index (Phi) is 4.20. The number of aliphatic carboxylic acids is 1. The SMILES string of the molecule is CC(C)C1(C(=O)O)CCN(C(=O)c2cc(C3CC3)n(C(C)(C)C)n2)C1. The van der Waals surface area contributed by atoms with Crippen LogP contribution in [0.2, 0.25) is 0 Å². The lowest BCUT2D eigenvalue weighted by Crippen LogP contribution is -2.40.